The smallest absolute Gasteiger partial charge is 0.255 e. The fraction of sp³-hybridized carbons (Fsp3) is 0.200. The van der Waals surface area contributed by atoms with Crippen LogP contribution in [-0.2, 0) is 6.42 Å². The summed E-state index contributed by atoms with van der Waals surface area (Å²) in [5.74, 6) is 1.50. The number of anilines is 1. The van der Waals surface area contributed by atoms with E-state index in [0.717, 1.165) is 29.7 Å². The van der Waals surface area contributed by atoms with E-state index in [9.17, 15) is 4.79 Å². The van der Waals surface area contributed by atoms with Crippen LogP contribution in [0.5, 0.6) is 5.75 Å². The molecule has 0 aliphatic rings. The Labute approximate surface area is 186 Å². The lowest BCUT2D eigenvalue weighted by molar-refractivity contribution is 0.102. The van der Waals surface area contributed by atoms with Crippen molar-refractivity contribution in [2.75, 3.05) is 11.9 Å². The lowest BCUT2D eigenvalue weighted by Crippen LogP contribution is -2.13. The highest BCUT2D eigenvalue weighted by Crippen LogP contribution is 2.22. The Morgan fingerprint density at radius 1 is 1.06 bits per heavy atom. The van der Waals surface area contributed by atoms with E-state index in [1.807, 2.05) is 48.5 Å². The quantitative estimate of drug-likeness (QED) is 0.371. The van der Waals surface area contributed by atoms with Crippen LogP contribution in [0.2, 0.25) is 0 Å². The average molecular weight is 428 g/mol. The Morgan fingerprint density at radius 2 is 1.91 bits per heavy atom. The van der Waals surface area contributed by atoms with Gasteiger partial charge in [-0.25, -0.2) is 0 Å². The molecule has 0 saturated carbocycles. The largest absolute Gasteiger partial charge is 0.494 e. The molecule has 0 aliphatic heterocycles. The molecule has 4 aromatic rings. The van der Waals surface area contributed by atoms with Crippen LogP contribution in [-0.4, -0.2) is 27.6 Å². The number of amides is 1. The molecule has 1 amide bonds. The zero-order chi connectivity index (χ0) is 22.2. The highest BCUT2D eigenvalue weighted by atomic mass is 16.5. The summed E-state index contributed by atoms with van der Waals surface area (Å²) in [4.78, 5) is 21.3. The molecule has 2 aromatic carbocycles. The summed E-state index contributed by atoms with van der Waals surface area (Å²) >= 11 is 0. The van der Waals surface area contributed by atoms with Crippen LogP contribution >= 0.6 is 0 Å². The minimum Gasteiger partial charge on any atom is -0.494 e. The van der Waals surface area contributed by atoms with Crippen LogP contribution in [0.3, 0.4) is 0 Å². The van der Waals surface area contributed by atoms with E-state index in [1.54, 1.807) is 24.5 Å². The predicted molar refractivity (Wildman–Crippen MR) is 122 cm³/mol. The number of para-hydroxylation sites is 1. The van der Waals surface area contributed by atoms with Gasteiger partial charge in [0, 0.05) is 29.2 Å². The van der Waals surface area contributed by atoms with Crippen molar-refractivity contribution in [1.82, 2.24) is 15.1 Å². The van der Waals surface area contributed by atoms with Gasteiger partial charge in [-0.2, -0.15) is 4.98 Å². The third-order valence-electron chi connectivity index (χ3n) is 4.88. The number of carbonyl (C=O) groups excluding carboxylic acids is 1. The summed E-state index contributed by atoms with van der Waals surface area (Å²) in [6.07, 6.45) is 5.85. The Morgan fingerprint density at radius 3 is 2.69 bits per heavy atom. The third kappa shape index (κ3) is 5.37. The third-order valence-corrected chi connectivity index (χ3v) is 4.88. The maximum absolute atomic E-state index is 12.8. The topological polar surface area (TPSA) is 90.1 Å². The van der Waals surface area contributed by atoms with Crippen LogP contribution in [0.25, 0.3) is 11.4 Å². The average Bonchev–Trinajstić information content (AvgIpc) is 3.30. The molecule has 0 fully saturated rings. The van der Waals surface area contributed by atoms with Crippen molar-refractivity contribution in [3.63, 3.8) is 0 Å². The minimum absolute atomic E-state index is 0.195. The van der Waals surface area contributed by atoms with E-state index >= 15 is 0 Å². The molecule has 0 radical (unpaired) electrons. The van der Waals surface area contributed by atoms with Crippen molar-refractivity contribution in [2.45, 2.75) is 26.2 Å². The van der Waals surface area contributed by atoms with E-state index in [0.29, 0.717) is 36.0 Å². The van der Waals surface area contributed by atoms with E-state index in [1.165, 1.54) is 0 Å². The Balaban J connectivity index is 1.43. The molecule has 162 valence electrons. The van der Waals surface area contributed by atoms with Gasteiger partial charge in [-0.1, -0.05) is 36.7 Å². The predicted octanol–water partition coefficient (Wildman–Crippen LogP) is 5.15. The molecule has 2 heterocycles. The number of carbonyl (C=O) groups is 1. The molecule has 32 heavy (non-hydrogen) atoms. The molecule has 0 aliphatic carbocycles. The fourth-order valence-electron chi connectivity index (χ4n) is 3.13. The van der Waals surface area contributed by atoms with Crippen molar-refractivity contribution >= 4 is 11.6 Å². The monoisotopic (exact) mass is 428 g/mol. The number of hydrogen-bond acceptors (Lipinski definition) is 6. The molecule has 1 N–H and O–H groups in total. The van der Waals surface area contributed by atoms with Crippen LogP contribution in [0.1, 0.15) is 41.6 Å². The van der Waals surface area contributed by atoms with Gasteiger partial charge in [-0.3, -0.25) is 9.78 Å². The van der Waals surface area contributed by atoms with Crippen LogP contribution in [0, 0.1) is 0 Å². The Kier molecular flexibility index (Phi) is 6.87. The standard InChI is InChI=1S/C25H24N4O3/c1-2-3-15-31-21-12-10-18(11-13-21)25(30)27-22-9-5-4-7-19(22)16-23-28-24(29-32-23)20-8-6-14-26-17-20/h4-14,17H,2-3,15-16H2,1H3,(H,27,30). The number of nitrogens with zero attached hydrogens (tertiary/aromatic N) is 3. The second kappa shape index (κ2) is 10.3. The molecular weight excluding hydrogens is 404 g/mol. The number of ether oxygens (including phenoxy) is 1. The lowest BCUT2D eigenvalue weighted by Gasteiger charge is -2.10. The molecule has 0 atom stereocenters. The summed E-state index contributed by atoms with van der Waals surface area (Å²) in [7, 11) is 0. The summed E-state index contributed by atoms with van der Waals surface area (Å²) in [5.41, 5.74) is 2.91. The normalized spacial score (nSPS) is 10.7. The van der Waals surface area contributed by atoms with Gasteiger partial charge in [0.2, 0.25) is 11.7 Å². The van der Waals surface area contributed by atoms with E-state index in [2.05, 4.69) is 27.4 Å². The van der Waals surface area contributed by atoms with Crippen LogP contribution < -0.4 is 10.1 Å². The van der Waals surface area contributed by atoms with Gasteiger partial charge in [-0.15, -0.1) is 0 Å². The second-order valence-corrected chi connectivity index (χ2v) is 7.27. The lowest BCUT2D eigenvalue weighted by atomic mass is 10.1. The Hall–Kier alpha value is -4.00. The molecular formula is C25H24N4O3. The zero-order valence-electron chi connectivity index (χ0n) is 17.8. The molecule has 0 bridgehead atoms. The number of pyridine rings is 1. The molecule has 0 unspecified atom stereocenters. The van der Waals surface area contributed by atoms with Crippen molar-refractivity contribution in [1.29, 1.82) is 0 Å². The summed E-state index contributed by atoms with van der Waals surface area (Å²) in [6.45, 7) is 2.79. The van der Waals surface area contributed by atoms with Gasteiger partial charge < -0.3 is 14.6 Å². The van der Waals surface area contributed by atoms with Crippen molar-refractivity contribution in [3.8, 4) is 17.1 Å². The first-order valence-corrected chi connectivity index (χ1v) is 10.6. The maximum Gasteiger partial charge on any atom is 0.255 e. The summed E-state index contributed by atoms with van der Waals surface area (Å²) < 4.78 is 11.1. The number of unbranched alkanes of at least 4 members (excludes halogenated alkanes) is 1. The van der Waals surface area contributed by atoms with Crippen LogP contribution in [0.4, 0.5) is 5.69 Å². The molecule has 7 nitrogen and oxygen atoms in total. The molecule has 0 saturated heterocycles. The first kappa shape index (κ1) is 21.2. The number of rotatable bonds is 9. The zero-order valence-corrected chi connectivity index (χ0v) is 17.8. The summed E-state index contributed by atoms with van der Waals surface area (Å²) in [6, 6.07) is 18.4. The van der Waals surface area contributed by atoms with Crippen molar-refractivity contribution in [2.24, 2.45) is 0 Å². The number of aromatic nitrogens is 3. The first-order valence-electron chi connectivity index (χ1n) is 10.6. The first-order chi connectivity index (χ1) is 15.7. The molecule has 4 rings (SSSR count). The number of nitrogens with one attached hydrogen (secondary N) is 1. The number of benzene rings is 2. The van der Waals surface area contributed by atoms with Gasteiger partial charge in [-0.05, 0) is 54.4 Å². The maximum atomic E-state index is 12.8. The number of hydrogen-bond donors (Lipinski definition) is 1. The summed E-state index contributed by atoms with van der Waals surface area (Å²) in [5, 5.41) is 7.01. The fourth-order valence-corrected chi connectivity index (χ4v) is 3.13. The van der Waals surface area contributed by atoms with E-state index in [4.69, 9.17) is 9.26 Å². The highest BCUT2D eigenvalue weighted by molar-refractivity contribution is 6.04. The Bertz CT molecular complexity index is 1160. The SMILES string of the molecule is CCCCOc1ccc(C(=O)Nc2ccccc2Cc2nc(-c3cccnc3)no2)cc1. The molecule has 0 spiro atoms. The van der Waals surface area contributed by atoms with E-state index < -0.39 is 0 Å². The molecule has 7 heteroatoms. The van der Waals surface area contributed by atoms with Crippen molar-refractivity contribution < 1.29 is 14.1 Å². The van der Waals surface area contributed by atoms with Gasteiger partial charge in [0.1, 0.15) is 5.75 Å². The highest BCUT2D eigenvalue weighted by Gasteiger charge is 2.14. The van der Waals surface area contributed by atoms with Crippen molar-refractivity contribution in [3.05, 3.63) is 90.1 Å². The van der Waals surface area contributed by atoms with Gasteiger partial charge in [0.15, 0.2) is 0 Å². The molecule has 2 aromatic heterocycles. The minimum atomic E-state index is -0.195. The van der Waals surface area contributed by atoms with Gasteiger partial charge in [0.25, 0.3) is 5.91 Å². The van der Waals surface area contributed by atoms with E-state index in [-0.39, 0.29) is 5.91 Å². The van der Waals surface area contributed by atoms with Gasteiger partial charge in [0.05, 0.1) is 13.0 Å². The second-order valence-electron chi connectivity index (χ2n) is 7.27. The van der Waals surface area contributed by atoms with Crippen LogP contribution in [0.15, 0.2) is 77.6 Å². The van der Waals surface area contributed by atoms with Gasteiger partial charge >= 0.3 is 0 Å².